The van der Waals surface area contributed by atoms with E-state index >= 15 is 0 Å². The molecule has 3 aromatic rings. The molecule has 0 fully saturated rings. The normalized spacial score (nSPS) is 13.9. The van der Waals surface area contributed by atoms with Crippen molar-refractivity contribution in [1.82, 2.24) is 0 Å². The maximum atomic E-state index is 14.8. The lowest BCUT2D eigenvalue weighted by molar-refractivity contribution is -0.389. The molecule has 40 heavy (non-hydrogen) atoms. The van der Waals surface area contributed by atoms with Gasteiger partial charge in [-0.3, -0.25) is 9.59 Å². The summed E-state index contributed by atoms with van der Waals surface area (Å²) in [5.74, 6) is -9.35. The van der Waals surface area contributed by atoms with Crippen LogP contribution in [-0.4, -0.2) is 30.1 Å². The minimum Gasteiger partial charge on any atom is -0.322 e. The van der Waals surface area contributed by atoms with E-state index in [1.807, 2.05) is 0 Å². The lowest BCUT2D eigenvalue weighted by Crippen LogP contribution is -2.59. The minimum absolute atomic E-state index is 0.0516. The lowest BCUT2D eigenvalue weighted by atomic mass is 9.87. The van der Waals surface area contributed by atoms with Gasteiger partial charge in [0.2, 0.25) is 0 Å². The number of nitrogens with one attached hydrogen (secondary N) is 1. The largest absolute Gasteiger partial charge is 0.457 e. The quantitative estimate of drug-likeness (QED) is 0.154. The predicted molar refractivity (Wildman–Crippen MR) is 141 cm³/mol. The Morgan fingerprint density at radius 2 is 1.40 bits per heavy atom. The molecule has 0 aliphatic heterocycles. The van der Waals surface area contributed by atoms with E-state index in [9.17, 15) is 53.5 Å². The smallest absolute Gasteiger partial charge is 0.322 e. The summed E-state index contributed by atoms with van der Waals surface area (Å²) in [6.45, 7) is 0. The van der Waals surface area contributed by atoms with Crippen LogP contribution in [0.5, 0.6) is 0 Å². The fraction of sp³-hybridized carbons (Fsp3) is 0.167. The number of hydrogen-bond acceptors (Lipinski definition) is 2. The van der Waals surface area contributed by atoms with Crippen LogP contribution in [0.2, 0.25) is 0 Å². The molecule has 1 N–H and O–H groups in total. The molecule has 0 radical (unpaired) electrons. The maximum Gasteiger partial charge on any atom is 0.457 e. The van der Waals surface area contributed by atoms with Crippen molar-refractivity contribution >= 4 is 68.6 Å². The summed E-state index contributed by atoms with van der Waals surface area (Å²) in [6, 6.07) is 11.0. The fourth-order valence-corrected chi connectivity index (χ4v) is 5.31. The lowest BCUT2D eigenvalue weighted by Gasteiger charge is -2.36. The van der Waals surface area contributed by atoms with Crippen LogP contribution in [0.15, 0.2) is 66.7 Å². The molecule has 0 bridgehead atoms. The second kappa shape index (κ2) is 11.3. The van der Waals surface area contributed by atoms with E-state index < -0.39 is 50.7 Å². The van der Waals surface area contributed by atoms with Crippen LogP contribution in [0, 0.1) is 9.39 Å². The van der Waals surface area contributed by atoms with Crippen molar-refractivity contribution in [3.63, 3.8) is 0 Å². The van der Waals surface area contributed by atoms with Crippen LogP contribution in [0.1, 0.15) is 26.3 Å². The molecule has 2 amide bonds. The Bertz CT molecular complexity index is 1450. The second-order valence-corrected chi connectivity index (χ2v) is 10.1. The van der Waals surface area contributed by atoms with E-state index in [0.29, 0.717) is 6.07 Å². The van der Waals surface area contributed by atoms with Crippen LogP contribution in [0.25, 0.3) is 0 Å². The first-order chi connectivity index (χ1) is 18.3. The van der Waals surface area contributed by atoms with Gasteiger partial charge >= 0.3 is 23.9 Å². The highest BCUT2D eigenvalue weighted by molar-refractivity contribution is 14.1. The Kier molecular flexibility index (Phi) is 9.03. The second-order valence-electron chi connectivity index (χ2n) is 8.00. The summed E-state index contributed by atoms with van der Waals surface area (Å²) < 4.78 is 135. The number of benzene rings is 3. The first-order valence-electron chi connectivity index (χ1n) is 10.5. The highest BCUT2D eigenvalue weighted by atomic mass is 127. The van der Waals surface area contributed by atoms with E-state index in [1.165, 1.54) is 87.9 Å². The van der Waals surface area contributed by atoms with E-state index in [-0.39, 0.29) is 34.6 Å². The molecule has 3 rings (SSSR count). The summed E-state index contributed by atoms with van der Waals surface area (Å²) in [7, 11) is 0. The van der Waals surface area contributed by atoms with Crippen molar-refractivity contribution < 1.29 is 53.5 Å². The Morgan fingerprint density at radius 1 is 0.775 bits per heavy atom. The van der Waals surface area contributed by atoms with Gasteiger partial charge in [0, 0.05) is 20.4 Å². The van der Waals surface area contributed by atoms with Gasteiger partial charge in [0.25, 0.3) is 11.8 Å². The number of rotatable bonds is 6. The molecule has 0 aromatic heterocycles. The molecular formula is C24H12F10I2N2O2. The molecule has 0 aliphatic carbocycles. The Morgan fingerprint density at radius 3 is 1.95 bits per heavy atom. The van der Waals surface area contributed by atoms with E-state index in [4.69, 9.17) is 0 Å². The summed E-state index contributed by atoms with van der Waals surface area (Å²) in [4.78, 5) is 25.4. The number of nitrogens with zero attached hydrogens (tertiary/aromatic N) is 1. The summed E-state index contributed by atoms with van der Waals surface area (Å²) in [6.07, 6.45) is -13.5. The maximum absolute atomic E-state index is 14.8. The zero-order valence-electron chi connectivity index (χ0n) is 19.2. The SMILES string of the molecule is O=C(Nc1cccc(C(=O)N(I)c2ccc(C(F)(C(F)(F)F)C(F)(F)C(F)(F)F)cc2I)c1)c1ccccc1F. The van der Waals surface area contributed by atoms with Gasteiger partial charge in [-0.2, -0.15) is 35.1 Å². The standard InChI is InChI=1S/C24H12F10I2N2O2/c25-16-7-2-1-6-15(16)19(39)37-14-5-3-4-12(10-14)20(40)38(36)18-9-8-13(11-17(18)35)21(26,23(29,30)31)22(27,28)24(32,33)34/h1-11H,(H,37,39). The molecule has 214 valence electrons. The van der Waals surface area contributed by atoms with Gasteiger partial charge in [-0.05, 0) is 65.1 Å². The number of amides is 2. The molecule has 0 heterocycles. The van der Waals surface area contributed by atoms with Crippen LogP contribution in [0.4, 0.5) is 55.3 Å². The van der Waals surface area contributed by atoms with Crippen molar-refractivity contribution in [3.05, 3.63) is 92.8 Å². The van der Waals surface area contributed by atoms with Gasteiger partial charge in [0.05, 0.1) is 34.1 Å². The zero-order chi connectivity index (χ0) is 30.3. The van der Waals surface area contributed by atoms with Crippen molar-refractivity contribution in [1.29, 1.82) is 0 Å². The number of hydrogen-bond donors (Lipinski definition) is 1. The van der Waals surface area contributed by atoms with Crippen LogP contribution in [0.3, 0.4) is 0 Å². The molecule has 4 nitrogen and oxygen atoms in total. The van der Waals surface area contributed by atoms with Crippen molar-refractivity contribution in [2.24, 2.45) is 0 Å². The fourth-order valence-electron chi connectivity index (χ4n) is 3.40. The Hall–Kier alpha value is -2.64. The van der Waals surface area contributed by atoms with E-state index in [2.05, 4.69) is 5.32 Å². The number of carbonyl (C=O) groups excluding carboxylic acids is 2. The van der Waals surface area contributed by atoms with Crippen molar-refractivity contribution in [2.45, 2.75) is 23.9 Å². The molecule has 0 saturated carbocycles. The van der Waals surface area contributed by atoms with E-state index in [1.54, 1.807) is 0 Å². The van der Waals surface area contributed by atoms with Gasteiger partial charge in [0.1, 0.15) is 5.82 Å². The van der Waals surface area contributed by atoms with Gasteiger partial charge in [-0.1, -0.05) is 24.3 Å². The molecule has 16 heteroatoms. The molecule has 0 saturated heterocycles. The highest BCUT2D eigenvalue weighted by Crippen LogP contribution is 2.58. The van der Waals surface area contributed by atoms with Crippen LogP contribution >= 0.6 is 45.5 Å². The monoisotopic (exact) mass is 804 g/mol. The first kappa shape index (κ1) is 31.9. The molecule has 1 atom stereocenters. The molecule has 1 unspecified atom stereocenters. The molecule has 0 spiro atoms. The van der Waals surface area contributed by atoms with Gasteiger partial charge in [-0.25, -0.2) is 11.9 Å². The van der Waals surface area contributed by atoms with Crippen LogP contribution < -0.4 is 8.43 Å². The first-order valence-corrected chi connectivity index (χ1v) is 12.5. The highest BCUT2D eigenvalue weighted by Gasteiger charge is 2.81. The number of halogens is 12. The number of anilines is 2. The average molecular weight is 804 g/mol. The number of carbonyl (C=O) groups is 2. The number of alkyl halides is 9. The third-order valence-corrected chi connectivity index (χ3v) is 7.22. The topological polar surface area (TPSA) is 49.4 Å². The summed E-state index contributed by atoms with van der Waals surface area (Å²) >= 11 is 2.64. The van der Waals surface area contributed by atoms with Gasteiger partial charge < -0.3 is 5.32 Å². The Labute approximate surface area is 246 Å². The molecular weight excluding hydrogens is 792 g/mol. The minimum atomic E-state index is -6.88. The average Bonchev–Trinajstić information content (AvgIpc) is 2.86. The third-order valence-electron chi connectivity index (χ3n) is 5.40. The van der Waals surface area contributed by atoms with Crippen molar-refractivity contribution in [2.75, 3.05) is 8.43 Å². The van der Waals surface area contributed by atoms with Gasteiger partial charge in [-0.15, -0.1) is 0 Å². The van der Waals surface area contributed by atoms with E-state index in [0.717, 1.165) is 9.18 Å². The van der Waals surface area contributed by atoms with Gasteiger partial charge in [0.15, 0.2) is 0 Å². The molecule has 0 aliphatic rings. The predicted octanol–water partition coefficient (Wildman–Crippen LogP) is 8.60. The zero-order valence-corrected chi connectivity index (χ0v) is 23.5. The molecule has 3 aromatic carbocycles. The Balaban J connectivity index is 1.92. The van der Waals surface area contributed by atoms with Crippen molar-refractivity contribution in [3.8, 4) is 0 Å². The summed E-state index contributed by atoms with van der Waals surface area (Å²) in [5, 5.41) is 2.38. The third kappa shape index (κ3) is 5.87. The van der Waals surface area contributed by atoms with Crippen LogP contribution in [-0.2, 0) is 5.67 Å². The summed E-state index contributed by atoms with van der Waals surface area (Å²) in [5.41, 5.74) is -8.76.